The zero-order valence-electron chi connectivity index (χ0n) is 11.1. The van der Waals surface area contributed by atoms with Crippen LogP contribution in [0.5, 0.6) is 5.75 Å². The van der Waals surface area contributed by atoms with E-state index < -0.39 is 12.5 Å². The largest absolute Gasteiger partial charge is 0.435 e. The topological polar surface area (TPSA) is 77.2 Å². The molecule has 2 rings (SSSR count). The lowest BCUT2D eigenvalue weighted by molar-refractivity contribution is -0.0498. The SMILES string of the molecule is Cc1cc(NC(=O)c2ccc(OC(F)F)cc2)ncc1N. The average Bonchev–Trinajstić information content (AvgIpc) is 2.43. The number of nitrogens with one attached hydrogen (secondary N) is 1. The molecule has 1 aromatic carbocycles. The molecule has 7 heteroatoms. The van der Waals surface area contributed by atoms with Crippen molar-refractivity contribution in [2.45, 2.75) is 13.5 Å². The number of halogens is 2. The van der Waals surface area contributed by atoms with E-state index in [0.717, 1.165) is 5.56 Å². The van der Waals surface area contributed by atoms with Crippen LogP contribution in [0.25, 0.3) is 0 Å². The number of pyridine rings is 1. The van der Waals surface area contributed by atoms with Crippen LogP contribution in [0.15, 0.2) is 36.5 Å². The summed E-state index contributed by atoms with van der Waals surface area (Å²) in [6.07, 6.45) is 1.45. The number of rotatable bonds is 4. The first kappa shape index (κ1) is 14.7. The van der Waals surface area contributed by atoms with Crippen molar-refractivity contribution in [1.82, 2.24) is 4.98 Å². The van der Waals surface area contributed by atoms with Gasteiger partial charge in [0.05, 0.1) is 11.9 Å². The van der Waals surface area contributed by atoms with Crippen molar-refractivity contribution in [2.75, 3.05) is 11.1 Å². The Kier molecular flexibility index (Phi) is 4.32. The van der Waals surface area contributed by atoms with Gasteiger partial charge in [-0.3, -0.25) is 4.79 Å². The normalized spacial score (nSPS) is 10.5. The summed E-state index contributed by atoms with van der Waals surface area (Å²) >= 11 is 0. The van der Waals surface area contributed by atoms with Crippen LogP contribution in [0.3, 0.4) is 0 Å². The van der Waals surface area contributed by atoms with Gasteiger partial charge in [-0.05, 0) is 42.8 Å². The van der Waals surface area contributed by atoms with Crippen molar-refractivity contribution in [3.05, 3.63) is 47.7 Å². The summed E-state index contributed by atoms with van der Waals surface area (Å²) in [5.41, 5.74) is 7.26. The molecule has 110 valence electrons. The Hall–Kier alpha value is -2.70. The molecule has 0 bridgehead atoms. The van der Waals surface area contributed by atoms with Crippen molar-refractivity contribution in [1.29, 1.82) is 0 Å². The Bertz CT molecular complexity index is 645. The van der Waals surface area contributed by atoms with Crippen LogP contribution >= 0.6 is 0 Å². The van der Waals surface area contributed by atoms with Gasteiger partial charge in [0.25, 0.3) is 5.91 Å². The monoisotopic (exact) mass is 293 g/mol. The van der Waals surface area contributed by atoms with E-state index in [-0.39, 0.29) is 5.75 Å². The van der Waals surface area contributed by atoms with E-state index in [1.807, 2.05) is 0 Å². The first-order valence-corrected chi connectivity index (χ1v) is 6.04. The minimum absolute atomic E-state index is 0.0111. The van der Waals surface area contributed by atoms with E-state index >= 15 is 0 Å². The second kappa shape index (κ2) is 6.17. The maximum Gasteiger partial charge on any atom is 0.387 e. The number of aryl methyl sites for hydroxylation is 1. The maximum absolute atomic E-state index is 12.0. The van der Waals surface area contributed by atoms with Crippen LogP contribution in [0.2, 0.25) is 0 Å². The molecule has 1 heterocycles. The summed E-state index contributed by atoms with van der Waals surface area (Å²) in [7, 11) is 0. The van der Waals surface area contributed by atoms with Crippen molar-refractivity contribution in [2.24, 2.45) is 0 Å². The molecule has 0 saturated heterocycles. The summed E-state index contributed by atoms with van der Waals surface area (Å²) < 4.78 is 28.2. The molecule has 0 fully saturated rings. The van der Waals surface area contributed by atoms with Gasteiger partial charge in [-0.2, -0.15) is 8.78 Å². The van der Waals surface area contributed by atoms with E-state index in [4.69, 9.17) is 5.73 Å². The summed E-state index contributed by atoms with van der Waals surface area (Å²) in [6, 6.07) is 7.00. The molecule has 1 aromatic heterocycles. The van der Waals surface area contributed by atoms with Crippen LogP contribution in [0.1, 0.15) is 15.9 Å². The lowest BCUT2D eigenvalue weighted by Gasteiger charge is -2.08. The predicted octanol–water partition coefficient (Wildman–Crippen LogP) is 2.83. The van der Waals surface area contributed by atoms with E-state index in [1.54, 1.807) is 13.0 Å². The number of carbonyl (C=O) groups excluding carboxylic acids is 1. The second-order valence-electron chi connectivity index (χ2n) is 4.28. The first-order chi connectivity index (χ1) is 9.95. The Balaban J connectivity index is 2.07. The number of hydrogen-bond donors (Lipinski definition) is 2. The molecule has 0 spiro atoms. The molecule has 0 atom stereocenters. The highest BCUT2D eigenvalue weighted by molar-refractivity contribution is 6.03. The minimum atomic E-state index is -2.90. The average molecular weight is 293 g/mol. The number of carbonyl (C=O) groups is 1. The number of ether oxygens (including phenoxy) is 1. The van der Waals surface area contributed by atoms with Crippen LogP contribution in [0, 0.1) is 6.92 Å². The lowest BCUT2D eigenvalue weighted by atomic mass is 10.2. The quantitative estimate of drug-likeness (QED) is 0.908. The van der Waals surface area contributed by atoms with Gasteiger partial charge in [0, 0.05) is 5.56 Å². The number of benzene rings is 1. The third-order valence-corrected chi connectivity index (χ3v) is 2.73. The number of nitrogens with two attached hydrogens (primary N) is 1. The highest BCUT2D eigenvalue weighted by atomic mass is 19.3. The molecule has 0 radical (unpaired) electrons. The summed E-state index contributed by atoms with van der Waals surface area (Å²) in [5.74, 6) is -0.0575. The molecule has 1 amide bonds. The van der Waals surface area contributed by atoms with E-state index in [9.17, 15) is 13.6 Å². The van der Waals surface area contributed by atoms with Gasteiger partial charge in [0.15, 0.2) is 0 Å². The fourth-order valence-electron chi connectivity index (χ4n) is 1.61. The fraction of sp³-hybridized carbons (Fsp3) is 0.143. The Morgan fingerprint density at radius 3 is 2.57 bits per heavy atom. The first-order valence-electron chi connectivity index (χ1n) is 6.04. The molecule has 0 aliphatic heterocycles. The minimum Gasteiger partial charge on any atom is -0.435 e. The molecule has 0 aliphatic rings. The Morgan fingerprint density at radius 2 is 2.00 bits per heavy atom. The van der Waals surface area contributed by atoms with Crippen molar-refractivity contribution in [3.63, 3.8) is 0 Å². The second-order valence-corrected chi connectivity index (χ2v) is 4.28. The van der Waals surface area contributed by atoms with E-state index in [2.05, 4.69) is 15.0 Å². The number of alkyl halides is 2. The summed E-state index contributed by atoms with van der Waals surface area (Å²) in [4.78, 5) is 16.0. The predicted molar refractivity (Wildman–Crippen MR) is 74.4 cm³/mol. The van der Waals surface area contributed by atoms with Gasteiger partial charge in [-0.25, -0.2) is 4.98 Å². The summed E-state index contributed by atoms with van der Waals surface area (Å²) in [5, 5.41) is 2.59. The molecule has 3 N–H and O–H groups in total. The van der Waals surface area contributed by atoms with Crippen molar-refractivity contribution in [3.8, 4) is 5.75 Å². The van der Waals surface area contributed by atoms with Crippen molar-refractivity contribution < 1.29 is 18.3 Å². The number of nitrogen functional groups attached to an aromatic ring is 1. The van der Waals surface area contributed by atoms with Crippen LogP contribution in [-0.2, 0) is 0 Å². The highest BCUT2D eigenvalue weighted by Crippen LogP contribution is 2.17. The molecule has 0 saturated carbocycles. The molecule has 2 aromatic rings. The number of amides is 1. The number of anilines is 2. The van der Waals surface area contributed by atoms with Crippen molar-refractivity contribution >= 4 is 17.4 Å². The molecule has 0 unspecified atom stereocenters. The lowest BCUT2D eigenvalue weighted by Crippen LogP contribution is -2.13. The molecule has 5 nitrogen and oxygen atoms in total. The van der Waals surface area contributed by atoms with Crippen LogP contribution in [0.4, 0.5) is 20.3 Å². The maximum atomic E-state index is 12.0. The van der Waals surface area contributed by atoms with E-state index in [0.29, 0.717) is 17.1 Å². The highest BCUT2D eigenvalue weighted by Gasteiger charge is 2.09. The van der Waals surface area contributed by atoms with Crippen LogP contribution < -0.4 is 15.8 Å². The number of aromatic nitrogens is 1. The standard InChI is InChI=1S/C14H13F2N3O2/c1-8-6-12(18-7-11(8)17)19-13(20)9-2-4-10(5-3-9)21-14(15)16/h2-7,14H,17H2,1H3,(H,18,19,20). The van der Waals surface area contributed by atoms with Gasteiger partial charge >= 0.3 is 6.61 Å². The zero-order valence-corrected chi connectivity index (χ0v) is 11.1. The van der Waals surface area contributed by atoms with Gasteiger partial charge in [-0.15, -0.1) is 0 Å². The Morgan fingerprint density at radius 1 is 1.33 bits per heavy atom. The van der Waals surface area contributed by atoms with Gasteiger partial charge in [0.1, 0.15) is 11.6 Å². The Labute approximate surface area is 119 Å². The van der Waals surface area contributed by atoms with Gasteiger partial charge in [0.2, 0.25) is 0 Å². The van der Waals surface area contributed by atoms with Gasteiger partial charge in [-0.1, -0.05) is 0 Å². The number of nitrogens with zero attached hydrogens (tertiary/aromatic N) is 1. The molecule has 0 aliphatic carbocycles. The molecular weight excluding hydrogens is 280 g/mol. The molecule has 21 heavy (non-hydrogen) atoms. The fourth-order valence-corrected chi connectivity index (χ4v) is 1.61. The van der Waals surface area contributed by atoms with Gasteiger partial charge < -0.3 is 15.8 Å². The zero-order chi connectivity index (χ0) is 15.4. The van der Waals surface area contributed by atoms with Crippen LogP contribution in [-0.4, -0.2) is 17.5 Å². The third kappa shape index (κ3) is 3.88. The number of hydrogen-bond acceptors (Lipinski definition) is 4. The smallest absolute Gasteiger partial charge is 0.387 e. The summed E-state index contributed by atoms with van der Waals surface area (Å²) in [6.45, 7) is -1.10. The van der Waals surface area contributed by atoms with E-state index in [1.165, 1.54) is 30.5 Å². The third-order valence-electron chi connectivity index (χ3n) is 2.73. The molecular formula is C14H13F2N3O2.